The summed E-state index contributed by atoms with van der Waals surface area (Å²) in [4.78, 5) is 0. The fourth-order valence-electron chi connectivity index (χ4n) is 1.31. The molecule has 0 bridgehead atoms. The van der Waals surface area contributed by atoms with E-state index in [4.69, 9.17) is 13.0 Å². The third kappa shape index (κ3) is 36.1. The molecule has 0 aromatic rings. The van der Waals surface area contributed by atoms with Crippen molar-refractivity contribution in [3.63, 3.8) is 0 Å². The van der Waals surface area contributed by atoms with Gasteiger partial charge in [0.15, 0.2) is 0 Å². The Hall–Kier alpha value is 1.55. The van der Waals surface area contributed by atoms with Gasteiger partial charge in [-0.05, 0) is 0 Å². The van der Waals surface area contributed by atoms with E-state index in [-0.39, 0.29) is 51.4 Å². The first-order chi connectivity index (χ1) is 7.15. The van der Waals surface area contributed by atoms with E-state index in [1.54, 1.807) is 0 Å². The van der Waals surface area contributed by atoms with Gasteiger partial charge >= 0.3 is 51.4 Å². The molecule has 0 spiro atoms. The molecule has 1 N–H and O–H groups in total. The van der Waals surface area contributed by atoms with Crippen LogP contribution < -0.4 is 51.4 Å². The van der Waals surface area contributed by atoms with Crippen LogP contribution in [0.3, 0.4) is 0 Å². The summed E-state index contributed by atoms with van der Waals surface area (Å²) >= 11 is 0. The number of hydrogen-bond donors (Lipinski definition) is 1. The van der Waals surface area contributed by atoms with Crippen LogP contribution in [0, 0.1) is 6.92 Å². The van der Waals surface area contributed by atoms with Gasteiger partial charge in [0.1, 0.15) is 0 Å². The summed E-state index contributed by atoms with van der Waals surface area (Å²) in [5.41, 5.74) is 0. The summed E-state index contributed by atoms with van der Waals surface area (Å²) in [6.45, 7) is 6.10. The van der Waals surface area contributed by atoms with Crippen LogP contribution in [0.4, 0.5) is 0 Å². The summed E-state index contributed by atoms with van der Waals surface area (Å²) in [7, 11) is -2.86. The summed E-state index contributed by atoms with van der Waals surface area (Å²) in [5, 5.41) is 0. The molecule has 93 valence electrons. The molecule has 1 radical (unpaired) electrons. The quantitative estimate of drug-likeness (QED) is 0.237. The maximum Gasteiger partial charge on any atom is 1.00 e. The van der Waals surface area contributed by atoms with Crippen molar-refractivity contribution in [3.8, 4) is 0 Å². The van der Waals surface area contributed by atoms with Crippen LogP contribution >= 0.6 is 0 Å². The van der Waals surface area contributed by atoms with Crippen LogP contribution in [-0.2, 0) is 19.4 Å². The van der Waals surface area contributed by atoms with Crippen LogP contribution in [-0.4, -0.2) is 4.55 Å². The molecule has 16 heavy (non-hydrogen) atoms. The molecule has 0 aliphatic rings. The maximum absolute atomic E-state index is 8.56. The molecule has 0 aromatic carbocycles. The molecule has 0 heterocycles. The SMILES string of the molecule is O=[S-](=O)O.[CH2]CCCCCCCCCC.[K+]. The minimum Gasteiger partial charge on any atom is -0.439 e. The van der Waals surface area contributed by atoms with Crippen molar-refractivity contribution in [2.75, 3.05) is 0 Å². The molecule has 0 rings (SSSR count). The van der Waals surface area contributed by atoms with E-state index in [1.807, 2.05) is 0 Å². The Morgan fingerprint density at radius 3 is 1.56 bits per heavy atom. The largest absolute Gasteiger partial charge is 1.00 e. The first-order valence-electron chi connectivity index (χ1n) is 5.72. The van der Waals surface area contributed by atoms with Crippen LogP contribution in [0.1, 0.15) is 64.7 Å². The molecular formula is C11H24KO3S. The number of unbranched alkanes of at least 4 members (excludes halogenated alkanes) is 8. The van der Waals surface area contributed by atoms with Gasteiger partial charge in [0.05, 0.1) is 0 Å². The van der Waals surface area contributed by atoms with E-state index in [2.05, 4.69) is 13.8 Å². The summed E-state index contributed by atoms with van der Waals surface area (Å²) in [6, 6.07) is 0. The second-order valence-electron chi connectivity index (χ2n) is 3.55. The average Bonchev–Trinajstić information content (AvgIpc) is 2.16. The summed E-state index contributed by atoms with van der Waals surface area (Å²) < 4.78 is 24.1. The second kappa shape index (κ2) is 21.8. The van der Waals surface area contributed by atoms with Crippen LogP contribution in [0.5, 0.6) is 0 Å². The van der Waals surface area contributed by atoms with E-state index in [0.717, 1.165) is 6.42 Å². The minimum absolute atomic E-state index is 0. The first kappa shape index (κ1) is 22.7. The van der Waals surface area contributed by atoms with E-state index >= 15 is 0 Å². The summed E-state index contributed by atoms with van der Waals surface area (Å²) in [5.74, 6) is 0. The summed E-state index contributed by atoms with van der Waals surface area (Å²) in [6.07, 6.45) is 12.4. The molecular weight excluding hydrogens is 251 g/mol. The van der Waals surface area contributed by atoms with Gasteiger partial charge in [-0.2, -0.15) is 0 Å². The van der Waals surface area contributed by atoms with Crippen LogP contribution in [0.2, 0.25) is 0 Å². The second-order valence-corrected chi connectivity index (χ2v) is 3.98. The Labute approximate surface area is 145 Å². The monoisotopic (exact) mass is 275 g/mol. The molecule has 3 nitrogen and oxygen atoms in total. The fraction of sp³-hybridized carbons (Fsp3) is 0.909. The molecule has 0 aliphatic heterocycles. The van der Waals surface area contributed by atoms with E-state index in [1.165, 1.54) is 51.4 Å². The van der Waals surface area contributed by atoms with Gasteiger partial charge in [-0.25, -0.2) is 0 Å². The smallest absolute Gasteiger partial charge is 0.439 e. The van der Waals surface area contributed by atoms with Gasteiger partial charge in [0, 0.05) is 11.0 Å². The Bertz CT molecular complexity index is 157. The predicted octanol–water partition coefficient (Wildman–Crippen LogP) is 1.12. The van der Waals surface area contributed by atoms with Gasteiger partial charge in [-0.3, -0.25) is 0 Å². The molecule has 0 atom stereocenters. The molecule has 0 fully saturated rings. The van der Waals surface area contributed by atoms with Crippen molar-refractivity contribution in [2.45, 2.75) is 64.7 Å². The third-order valence-electron chi connectivity index (χ3n) is 2.10. The van der Waals surface area contributed by atoms with Crippen LogP contribution in [0.25, 0.3) is 0 Å². The maximum atomic E-state index is 8.56. The van der Waals surface area contributed by atoms with Gasteiger partial charge in [0.25, 0.3) is 0 Å². The first-order valence-corrected chi connectivity index (χ1v) is 6.75. The van der Waals surface area contributed by atoms with Gasteiger partial charge in [-0.15, -0.1) is 0 Å². The Morgan fingerprint density at radius 1 is 0.938 bits per heavy atom. The zero-order valence-electron chi connectivity index (χ0n) is 10.7. The van der Waals surface area contributed by atoms with Crippen LogP contribution in [0.15, 0.2) is 0 Å². The normalized spacial score (nSPS) is 9.25. The van der Waals surface area contributed by atoms with Crippen molar-refractivity contribution in [3.05, 3.63) is 6.92 Å². The van der Waals surface area contributed by atoms with E-state index in [0.29, 0.717) is 0 Å². The molecule has 5 heteroatoms. The van der Waals surface area contributed by atoms with Gasteiger partial charge in [0.2, 0.25) is 0 Å². The molecule has 0 amide bonds. The van der Waals surface area contributed by atoms with Crippen molar-refractivity contribution >= 4 is 11.0 Å². The average molecular weight is 275 g/mol. The van der Waals surface area contributed by atoms with E-state index < -0.39 is 11.0 Å². The van der Waals surface area contributed by atoms with Crippen molar-refractivity contribution in [1.82, 2.24) is 0 Å². The van der Waals surface area contributed by atoms with Crippen molar-refractivity contribution in [1.29, 1.82) is 0 Å². The van der Waals surface area contributed by atoms with E-state index in [9.17, 15) is 0 Å². The third-order valence-corrected chi connectivity index (χ3v) is 2.10. The molecule has 0 saturated carbocycles. The Morgan fingerprint density at radius 2 is 1.25 bits per heavy atom. The fourth-order valence-corrected chi connectivity index (χ4v) is 1.31. The topological polar surface area (TPSA) is 54.4 Å². The number of rotatable bonds is 8. The van der Waals surface area contributed by atoms with Gasteiger partial charge in [-0.1, -0.05) is 71.6 Å². The minimum atomic E-state index is -2.86. The molecule has 0 unspecified atom stereocenters. The molecule has 0 aromatic heterocycles. The standard InChI is InChI=1S/C11H23.K.HO3S/c1-3-5-7-9-11-10-8-6-4-2;;1-4(2)3/h1,3-11H2,2H3;;(H,1,2,3)/q;+1;-1. The van der Waals surface area contributed by atoms with Gasteiger partial charge < -0.3 is 13.0 Å². The van der Waals surface area contributed by atoms with Crippen molar-refractivity contribution in [2.24, 2.45) is 0 Å². The zero-order valence-corrected chi connectivity index (χ0v) is 14.7. The number of hydrogen-bond acceptors (Lipinski definition) is 3. The zero-order chi connectivity index (χ0) is 11.9. The van der Waals surface area contributed by atoms with Crippen molar-refractivity contribution < 1.29 is 64.4 Å². The molecule has 0 aliphatic carbocycles. The Balaban J connectivity index is -0.000000292. The molecule has 0 saturated heterocycles. The predicted molar refractivity (Wildman–Crippen MR) is 64.0 cm³/mol. The Kier molecular flexibility index (Phi) is 30.9.